The van der Waals surface area contributed by atoms with Crippen molar-refractivity contribution in [2.75, 3.05) is 46.3 Å². The van der Waals surface area contributed by atoms with E-state index in [4.69, 9.17) is 0 Å². The van der Waals surface area contributed by atoms with Crippen LogP contribution in [0.1, 0.15) is 27.8 Å². The lowest BCUT2D eigenvalue weighted by Gasteiger charge is -2.37. The summed E-state index contributed by atoms with van der Waals surface area (Å²) in [7, 11) is 2.16. The van der Waals surface area contributed by atoms with Crippen LogP contribution in [0.4, 0.5) is 0 Å². The van der Waals surface area contributed by atoms with Gasteiger partial charge in [-0.2, -0.15) is 0 Å². The second-order valence-electron chi connectivity index (χ2n) is 7.92. The van der Waals surface area contributed by atoms with E-state index in [1.807, 2.05) is 0 Å². The molecule has 5 nitrogen and oxygen atoms in total. The molecule has 2 fully saturated rings. The van der Waals surface area contributed by atoms with Gasteiger partial charge in [-0.05, 0) is 55.6 Å². The average Bonchev–Trinajstić information content (AvgIpc) is 2.93. The van der Waals surface area contributed by atoms with Crippen molar-refractivity contribution in [3.05, 3.63) is 33.9 Å². The Morgan fingerprint density at radius 3 is 2.28 bits per heavy atom. The molecule has 140 valence electrons. The summed E-state index contributed by atoms with van der Waals surface area (Å²) in [6.45, 7) is 13.2. The highest BCUT2D eigenvalue weighted by atomic mass is 16.3. The van der Waals surface area contributed by atoms with E-state index in [0.29, 0.717) is 0 Å². The molecule has 0 unspecified atom stereocenters. The van der Waals surface area contributed by atoms with Crippen LogP contribution in [0.2, 0.25) is 0 Å². The lowest BCUT2D eigenvalue weighted by atomic mass is 9.93. The molecule has 2 atom stereocenters. The third kappa shape index (κ3) is 3.91. The summed E-state index contributed by atoms with van der Waals surface area (Å²) in [5, 5.41) is 20.3. The van der Waals surface area contributed by atoms with Gasteiger partial charge in [-0.1, -0.05) is 6.07 Å². The molecule has 2 N–H and O–H groups in total. The third-order valence-corrected chi connectivity index (χ3v) is 6.17. The van der Waals surface area contributed by atoms with Crippen LogP contribution in [0.5, 0.6) is 0 Å². The molecule has 0 aliphatic carbocycles. The average molecular weight is 348 g/mol. The lowest BCUT2D eigenvalue weighted by Crippen LogP contribution is -2.52. The van der Waals surface area contributed by atoms with Gasteiger partial charge in [-0.15, -0.1) is 0 Å². The minimum Gasteiger partial charge on any atom is -0.392 e. The Kier molecular flexibility index (Phi) is 5.81. The van der Waals surface area contributed by atoms with Gasteiger partial charge >= 0.3 is 0 Å². The van der Waals surface area contributed by atoms with E-state index in [1.165, 1.54) is 16.7 Å². The molecule has 2 heterocycles. The number of aliphatic hydroxyl groups is 2. The highest BCUT2D eigenvalue weighted by Gasteiger charge is 2.36. The number of rotatable bonds is 4. The quantitative estimate of drug-likeness (QED) is 0.847. The molecule has 2 aliphatic heterocycles. The molecular formula is C20H33N3O2. The minimum absolute atomic E-state index is 0.0947. The second-order valence-corrected chi connectivity index (χ2v) is 7.92. The SMILES string of the molecule is Cc1cc(C)c(CN2C[C@@H](O)[C@H](N3CCN(C)CC3)C2)c(C)c1CO. The molecule has 2 aliphatic rings. The Labute approximate surface area is 151 Å². The molecule has 1 aromatic carbocycles. The molecule has 0 bridgehead atoms. The van der Waals surface area contributed by atoms with Gasteiger partial charge in [0.1, 0.15) is 0 Å². The van der Waals surface area contributed by atoms with Crippen molar-refractivity contribution in [2.45, 2.75) is 46.1 Å². The Bertz CT molecular complexity index is 611. The molecule has 0 radical (unpaired) electrons. The van der Waals surface area contributed by atoms with Crippen LogP contribution in [0.15, 0.2) is 6.07 Å². The largest absolute Gasteiger partial charge is 0.392 e. The number of aryl methyl sites for hydroxylation is 2. The highest BCUT2D eigenvalue weighted by molar-refractivity contribution is 5.44. The molecule has 5 heteroatoms. The lowest BCUT2D eigenvalue weighted by molar-refractivity contribution is 0.0512. The summed E-state index contributed by atoms with van der Waals surface area (Å²) < 4.78 is 0. The van der Waals surface area contributed by atoms with Crippen molar-refractivity contribution >= 4 is 0 Å². The molecule has 3 rings (SSSR count). The van der Waals surface area contributed by atoms with Crippen molar-refractivity contribution in [1.82, 2.24) is 14.7 Å². The van der Waals surface area contributed by atoms with Crippen molar-refractivity contribution in [2.24, 2.45) is 0 Å². The molecule has 0 aromatic heterocycles. The predicted octanol–water partition coefficient (Wildman–Crippen LogP) is 0.897. The van der Waals surface area contributed by atoms with Gasteiger partial charge in [0.15, 0.2) is 0 Å². The number of aliphatic hydroxyl groups excluding tert-OH is 2. The fraction of sp³-hybridized carbons (Fsp3) is 0.700. The van der Waals surface area contributed by atoms with Crippen LogP contribution in [0.25, 0.3) is 0 Å². The van der Waals surface area contributed by atoms with Crippen LogP contribution in [0, 0.1) is 20.8 Å². The maximum Gasteiger partial charge on any atom is 0.0834 e. The fourth-order valence-corrected chi connectivity index (χ4v) is 4.47. The fourth-order valence-electron chi connectivity index (χ4n) is 4.47. The Morgan fingerprint density at radius 1 is 1.00 bits per heavy atom. The van der Waals surface area contributed by atoms with Gasteiger partial charge in [-0.25, -0.2) is 0 Å². The van der Waals surface area contributed by atoms with Crippen molar-refractivity contribution in [1.29, 1.82) is 0 Å². The summed E-state index contributed by atoms with van der Waals surface area (Å²) in [6.07, 6.45) is -0.272. The van der Waals surface area contributed by atoms with Crippen LogP contribution < -0.4 is 0 Å². The van der Waals surface area contributed by atoms with Gasteiger partial charge < -0.3 is 15.1 Å². The summed E-state index contributed by atoms with van der Waals surface area (Å²) in [4.78, 5) is 7.18. The summed E-state index contributed by atoms with van der Waals surface area (Å²) >= 11 is 0. The zero-order valence-corrected chi connectivity index (χ0v) is 16.1. The number of likely N-dealkylation sites (tertiary alicyclic amines) is 1. The number of piperazine rings is 1. The number of hydrogen-bond acceptors (Lipinski definition) is 5. The predicted molar refractivity (Wildman–Crippen MR) is 101 cm³/mol. The zero-order chi connectivity index (χ0) is 18.1. The van der Waals surface area contributed by atoms with E-state index in [9.17, 15) is 10.2 Å². The van der Waals surface area contributed by atoms with E-state index >= 15 is 0 Å². The number of hydrogen-bond donors (Lipinski definition) is 2. The van der Waals surface area contributed by atoms with E-state index in [2.05, 4.69) is 48.6 Å². The van der Waals surface area contributed by atoms with Gasteiger partial charge in [0.2, 0.25) is 0 Å². The van der Waals surface area contributed by atoms with Crippen LogP contribution in [-0.4, -0.2) is 83.4 Å². The van der Waals surface area contributed by atoms with Gasteiger partial charge in [0.05, 0.1) is 12.7 Å². The number of benzene rings is 1. The second kappa shape index (κ2) is 7.72. The van der Waals surface area contributed by atoms with Crippen molar-refractivity contribution in [3.8, 4) is 0 Å². The molecule has 1 aromatic rings. The monoisotopic (exact) mass is 347 g/mol. The van der Waals surface area contributed by atoms with Crippen LogP contribution >= 0.6 is 0 Å². The summed E-state index contributed by atoms with van der Waals surface area (Å²) in [5.74, 6) is 0. The molecule has 25 heavy (non-hydrogen) atoms. The molecular weight excluding hydrogens is 314 g/mol. The van der Waals surface area contributed by atoms with Crippen molar-refractivity contribution < 1.29 is 10.2 Å². The molecule has 0 saturated carbocycles. The molecule has 0 spiro atoms. The van der Waals surface area contributed by atoms with E-state index in [-0.39, 0.29) is 18.8 Å². The molecule has 2 saturated heterocycles. The van der Waals surface area contributed by atoms with Crippen molar-refractivity contribution in [3.63, 3.8) is 0 Å². The first-order chi connectivity index (χ1) is 11.9. The standard InChI is InChI=1S/C20H33N3O2/c1-14-9-15(2)18(13-24)16(3)17(14)10-22-11-19(20(25)12-22)23-7-5-21(4)6-8-23/h9,19-20,24-25H,5-8,10-13H2,1-4H3/t19-,20-/m1/s1. The Hall–Kier alpha value is -0.980. The van der Waals surface area contributed by atoms with E-state index < -0.39 is 0 Å². The third-order valence-electron chi connectivity index (χ3n) is 6.17. The number of β-amino-alcohol motifs (C(OH)–C–C–N with tert-alkyl or cyclic N) is 1. The first-order valence-electron chi connectivity index (χ1n) is 9.43. The topological polar surface area (TPSA) is 50.2 Å². The van der Waals surface area contributed by atoms with E-state index in [0.717, 1.165) is 56.9 Å². The molecule has 0 amide bonds. The van der Waals surface area contributed by atoms with Gasteiger partial charge in [0, 0.05) is 51.9 Å². The smallest absolute Gasteiger partial charge is 0.0834 e. The van der Waals surface area contributed by atoms with Crippen LogP contribution in [0.3, 0.4) is 0 Å². The maximum absolute atomic E-state index is 10.6. The Balaban J connectivity index is 1.71. The highest BCUT2D eigenvalue weighted by Crippen LogP contribution is 2.26. The first kappa shape index (κ1) is 18.8. The zero-order valence-electron chi connectivity index (χ0n) is 16.1. The normalized spacial score (nSPS) is 26.5. The summed E-state index contributed by atoms with van der Waals surface area (Å²) in [5.41, 5.74) is 6.01. The minimum atomic E-state index is -0.272. The number of nitrogens with zero attached hydrogens (tertiary/aromatic N) is 3. The van der Waals surface area contributed by atoms with Gasteiger partial charge in [0.25, 0.3) is 0 Å². The maximum atomic E-state index is 10.6. The first-order valence-corrected chi connectivity index (χ1v) is 9.43. The Morgan fingerprint density at radius 2 is 1.64 bits per heavy atom. The number of likely N-dealkylation sites (N-methyl/N-ethyl adjacent to an activating group) is 1. The summed E-state index contributed by atoms with van der Waals surface area (Å²) in [6, 6.07) is 2.43. The van der Waals surface area contributed by atoms with Crippen LogP contribution in [-0.2, 0) is 13.2 Å². The van der Waals surface area contributed by atoms with Gasteiger partial charge in [-0.3, -0.25) is 9.80 Å². The van der Waals surface area contributed by atoms with E-state index in [1.54, 1.807) is 0 Å².